The zero-order valence-electron chi connectivity index (χ0n) is 21.0. The Balaban J connectivity index is 1.19. The molecule has 0 unspecified atom stereocenters. The van der Waals surface area contributed by atoms with Crippen LogP contribution in [0.15, 0.2) is 85.1 Å². The lowest BCUT2D eigenvalue weighted by Gasteiger charge is -2.37. The Bertz CT molecular complexity index is 1310. The van der Waals surface area contributed by atoms with Gasteiger partial charge in [0.25, 0.3) is 0 Å². The highest BCUT2D eigenvalue weighted by Gasteiger charge is 2.31. The van der Waals surface area contributed by atoms with Gasteiger partial charge in [-0.3, -0.25) is 4.79 Å². The predicted molar refractivity (Wildman–Crippen MR) is 145 cm³/mol. The van der Waals surface area contributed by atoms with Crippen molar-refractivity contribution in [2.45, 2.75) is 19.3 Å². The van der Waals surface area contributed by atoms with Gasteiger partial charge in [0.05, 0.1) is 12.5 Å². The Morgan fingerprint density at radius 2 is 1.84 bits per heavy atom. The summed E-state index contributed by atoms with van der Waals surface area (Å²) in [6.45, 7) is 3.55. The van der Waals surface area contributed by atoms with Crippen LogP contribution in [0.1, 0.15) is 17.5 Å². The minimum absolute atomic E-state index is 0.0972. The van der Waals surface area contributed by atoms with Gasteiger partial charge in [-0.2, -0.15) is 0 Å². The number of piperidine rings is 1. The van der Waals surface area contributed by atoms with Crippen molar-refractivity contribution in [2.24, 2.45) is 11.8 Å². The van der Waals surface area contributed by atoms with Crippen LogP contribution in [0, 0.1) is 17.7 Å². The number of benzene rings is 3. The molecule has 4 aromatic rings. The number of hydrogen-bond acceptors (Lipinski definition) is 3. The standard InChI is InChI=1S/C31H34FN3O2/c32-27-9-6-10-28(18-27)37-22-24-17-26(21-35(20-24)16-14-23-7-2-1-3-8-23)31(36)33-15-13-25-19-34-30-12-5-4-11-29(25)30/h1-12,18-19,24,26,34H,13-17,20-22H2,(H,33,36)/t24-,26+/m0/s1. The average molecular weight is 500 g/mol. The van der Waals surface area contributed by atoms with E-state index < -0.39 is 0 Å². The second-order valence-electron chi connectivity index (χ2n) is 9.96. The van der Waals surface area contributed by atoms with Crippen molar-refractivity contribution >= 4 is 16.8 Å². The fourth-order valence-electron chi connectivity index (χ4n) is 5.30. The van der Waals surface area contributed by atoms with Gasteiger partial charge in [-0.25, -0.2) is 4.39 Å². The summed E-state index contributed by atoms with van der Waals surface area (Å²) in [6.07, 6.45) is 4.51. The first kappa shape index (κ1) is 25.0. The number of H-pyrrole nitrogens is 1. The van der Waals surface area contributed by atoms with Crippen LogP contribution < -0.4 is 10.1 Å². The molecule has 0 radical (unpaired) electrons. The number of fused-ring (bicyclic) bond motifs is 1. The third kappa shape index (κ3) is 6.77. The molecule has 5 nitrogen and oxygen atoms in total. The Labute approximate surface area is 217 Å². The van der Waals surface area contributed by atoms with E-state index in [9.17, 15) is 9.18 Å². The van der Waals surface area contributed by atoms with Crippen LogP contribution in [0.5, 0.6) is 5.75 Å². The molecule has 0 aliphatic carbocycles. The van der Waals surface area contributed by atoms with Gasteiger partial charge in [0.2, 0.25) is 5.91 Å². The summed E-state index contributed by atoms with van der Waals surface area (Å²) < 4.78 is 19.5. The summed E-state index contributed by atoms with van der Waals surface area (Å²) in [5, 5.41) is 4.39. The molecule has 2 heterocycles. The second kappa shape index (κ2) is 12.1. The number of ether oxygens (including phenoxy) is 1. The van der Waals surface area contributed by atoms with Gasteiger partial charge in [-0.05, 0) is 48.6 Å². The van der Waals surface area contributed by atoms with Gasteiger partial charge in [-0.15, -0.1) is 0 Å². The molecule has 2 atom stereocenters. The van der Waals surface area contributed by atoms with E-state index in [1.165, 1.54) is 28.6 Å². The Morgan fingerprint density at radius 1 is 1.00 bits per heavy atom. The SMILES string of the molecule is O=C(NCCc1c[nH]c2ccccc12)[C@@H]1C[C@H](COc2cccc(F)c2)CN(CCc2ccccc2)C1. The molecule has 3 aromatic carbocycles. The molecule has 0 saturated carbocycles. The van der Waals surface area contributed by atoms with Crippen molar-refractivity contribution in [3.63, 3.8) is 0 Å². The summed E-state index contributed by atoms with van der Waals surface area (Å²) >= 11 is 0. The van der Waals surface area contributed by atoms with Gasteiger partial charge >= 0.3 is 0 Å². The molecular formula is C31H34FN3O2. The normalized spacial score (nSPS) is 18.1. The molecule has 1 fully saturated rings. The number of likely N-dealkylation sites (tertiary alicyclic amines) is 1. The Hall–Kier alpha value is -3.64. The summed E-state index contributed by atoms with van der Waals surface area (Å²) in [5.41, 5.74) is 3.62. The van der Waals surface area contributed by atoms with Crippen LogP contribution in [0.3, 0.4) is 0 Å². The molecule has 5 rings (SSSR count). The molecule has 37 heavy (non-hydrogen) atoms. The fourth-order valence-corrected chi connectivity index (χ4v) is 5.30. The molecule has 0 spiro atoms. The number of carbonyl (C=O) groups is 1. The highest BCUT2D eigenvalue weighted by Crippen LogP contribution is 2.25. The highest BCUT2D eigenvalue weighted by atomic mass is 19.1. The molecule has 1 amide bonds. The lowest BCUT2D eigenvalue weighted by Crippen LogP contribution is -2.48. The summed E-state index contributed by atoms with van der Waals surface area (Å²) in [7, 11) is 0. The number of halogens is 1. The van der Waals surface area contributed by atoms with Crippen molar-refractivity contribution in [2.75, 3.05) is 32.8 Å². The second-order valence-corrected chi connectivity index (χ2v) is 9.96. The molecule has 2 N–H and O–H groups in total. The van der Waals surface area contributed by atoms with Crippen LogP contribution in [0.25, 0.3) is 10.9 Å². The lowest BCUT2D eigenvalue weighted by atomic mass is 9.88. The summed E-state index contributed by atoms with van der Waals surface area (Å²) in [4.78, 5) is 18.9. The number of aromatic amines is 1. The summed E-state index contributed by atoms with van der Waals surface area (Å²) in [6, 6.07) is 24.9. The van der Waals surface area contributed by atoms with Gasteiger partial charge in [0.1, 0.15) is 11.6 Å². The van der Waals surface area contributed by atoms with Gasteiger partial charge in [0.15, 0.2) is 0 Å². The third-order valence-electron chi connectivity index (χ3n) is 7.19. The molecule has 1 saturated heterocycles. The quantitative estimate of drug-likeness (QED) is 0.314. The minimum Gasteiger partial charge on any atom is -0.493 e. The van der Waals surface area contributed by atoms with E-state index in [2.05, 4.69) is 51.6 Å². The highest BCUT2D eigenvalue weighted by molar-refractivity contribution is 5.83. The van der Waals surface area contributed by atoms with Crippen molar-refractivity contribution < 1.29 is 13.9 Å². The van der Waals surface area contributed by atoms with Crippen LogP contribution in [-0.4, -0.2) is 48.6 Å². The van der Waals surface area contributed by atoms with Gasteiger partial charge < -0.3 is 19.9 Å². The molecule has 192 valence electrons. The van der Waals surface area contributed by atoms with Gasteiger partial charge in [0, 0.05) is 55.3 Å². The number of carbonyl (C=O) groups excluding carboxylic acids is 1. The average Bonchev–Trinajstić information content (AvgIpc) is 3.34. The van der Waals surface area contributed by atoms with E-state index in [0.29, 0.717) is 18.9 Å². The monoisotopic (exact) mass is 499 g/mol. The molecule has 6 heteroatoms. The molecular weight excluding hydrogens is 465 g/mol. The minimum atomic E-state index is -0.307. The lowest BCUT2D eigenvalue weighted by molar-refractivity contribution is -0.127. The number of nitrogens with one attached hydrogen (secondary N) is 2. The maximum atomic E-state index is 13.6. The van der Waals surface area contributed by atoms with Crippen LogP contribution >= 0.6 is 0 Å². The first-order valence-electron chi connectivity index (χ1n) is 13.1. The largest absolute Gasteiger partial charge is 0.493 e. The van der Waals surface area contributed by atoms with Crippen LogP contribution in [-0.2, 0) is 17.6 Å². The zero-order chi connectivity index (χ0) is 25.5. The van der Waals surface area contributed by atoms with E-state index in [1.54, 1.807) is 12.1 Å². The van der Waals surface area contributed by atoms with Crippen LogP contribution in [0.4, 0.5) is 4.39 Å². The van der Waals surface area contributed by atoms with E-state index in [1.807, 2.05) is 24.4 Å². The smallest absolute Gasteiger partial charge is 0.224 e. The maximum Gasteiger partial charge on any atom is 0.224 e. The van der Waals surface area contributed by atoms with Crippen molar-refractivity contribution in [1.82, 2.24) is 15.2 Å². The number of amides is 1. The maximum absolute atomic E-state index is 13.6. The number of nitrogens with zero attached hydrogens (tertiary/aromatic N) is 1. The number of para-hydroxylation sites is 1. The Kier molecular flexibility index (Phi) is 8.16. The van der Waals surface area contributed by atoms with Crippen molar-refractivity contribution in [3.8, 4) is 5.75 Å². The first-order chi connectivity index (χ1) is 18.1. The topological polar surface area (TPSA) is 57.4 Å². The number of rotatable bonds is 10. The van der Waals surface area contributed by atoms with E-state index in [-0.39, 0.29) is 23.6 Å². The van der Waals surface area contributed by atoms with E-state index in [0.717, 1.165) is 44.4 Å². The Morgan fingerprint density at radius 3 is 2.70 bits per heavy atom. The van der Waals surface area contributed by atoms with Crippen molar-refractivity contribution in [3.05, 3.63) is 102 Å². The molecule has 1 aliphatic heterocycles. The van der Waals surface area contributed by atoms with Crippen molar-refractivity contribution in [1.29, 1.82) is 0 Å². The van der Waals surface area contributed by atoms with E-state index >= 15 is 0 Å². The van der Waals surface area contributed by atoms with Gasteiger partial charge in [-0.1, -0.05) is 54.6 Å². The number of aromatic nitrogens is 1. The molecule has 1 aliphatic rings. The molecule has 1 aromatic heterocycles. The predicted octanol–water partition coefficient (Wildman–Crippen LogP) is 5.23. The molecule has 0 bridgehead atoms. The van der Waals surface area contributed by atoms with Crippen LogP contribution in [0.2, 0.25) is 0 Å². The fraction of sp³-hybridized carbons (Fsp3) is 0.323. The summed E-state index contributed by atoms with van der Waals surface area (Å²) in [5.74, 6) is 0.407. The number of hydrogen-bond donors (Lipinski definition) is 2. The third-order valence-corrected chi connectivity index (χ3v) is 7.19. The van der Waals surface area contributed by atoms with E-state index in [4.69, 9.17) is 4.74 Å². The zero-order valence-corrected chi connectivity index (χ0v) is 21.0. The first-order valence-corrected chi connectivity index (χ1v) is 13.1.